The molecule has 5 nitrogen and oxygen atoms in total. The van der Waals surface area contributed by atoms with Crippen LogP contribution in [0.1, 0.15) is 39.0 Å². The lowest BCUT2D eigenvalue weighted by Gasteiger charge is -2.36. The van der Waals surface area contributed by atoms with E-state index in [1.807, 2.05) is 11.9 Å². The van der Waals surface area contributed by atoms with Crippen molar-refractivity contribution in [2.45, 2.75) is 45.1 Å². The van der Waals surface area contributed by atoms with Gasteiger partial charge in [-0.05, 0) is 51.7 Å². The number of carbonyl (C=O) groups is 2. The predicted molar refractivity (Wildman–Crippen MR) is 80.9 cm³/mol. The van der Waals surface area contributed by atoms with Gasteiger partial charge in [0.25, 0.3) is 0 Å². The Hall–Kier alpha value is -1.10. The van der Waals surface area contributed by atoms with Crippen LogP contribution < -0.4 is 0 Å². The van der Waals surface area contributed by atoms with Crippen LogP contribution in [0, 0.1) is 17.8 Å². The first-order chi connectivity index (χ1) is 9.93. The maximum absolute atomic E-state index is 12.8. The van der Waals surface area contributed by atoms with Crippen LogP contribution in [0.3, 0.4) is 0 Å². The van der Waals surface area contributed by atoms with Crippen LogP contribution in [-0.4, -0.2) is 60.0 Å². The van der Waals surface area contributed by atoms with Gasteiger partial charge in [-0.1, -0.05) is 13.3 Å². The molecule has 1 saturated heterocycles. The smallest absolute Gasteiger partial charge is 0.307 e. The van der Waals surface area contributed by atoms with Crippen LogP contribution in [0.4, 0.5) is 0 Å². The molecule has 21 heavy (non-hydrogen) atoms. The zero-order valence-corrected chi connectivity index (χ0v) is 13.4. The van der Waals surface area contributed by atoms with Gasteiger partial charge in [0.05, 0.1) is 11.8 Å². The number of aliphatic carboxylic acids is 1. The van der Waals surface area contributed by atoms with E-state index < -0.39 is 11.9 Å². The van der Waals surface area contributed by atoms with Gasteiger partial charge in [-0.25, -0.2) is 0 Å². The van der Waals surface area contributed by atoms with Crippen LogP contribution in [0.15, 0.2) is 0 Å². The van der Waals surface area contributed by atoms with Crippen LogP contribution in [0.2, 0.25) is 0 Å². The molecule has 3 atom stereocenters. The Labute approximate surface area is 127 Å². The number of hydrogen-bond acceptors (Lipinski definition) is 3. The summed E-state index contributed by atoms with van der Waals surface area (Å²) >= 11 is 0. The number of piperidine rings is 1. The second-order valence-corrected chi connectivity index (χ2v) is 6.78. The molecule has 0 radical (unpaired) electrons. The van der Waals surface area contributed by atoms with E-state index in [0.717, 1.165) is 38.8 Å². The van der Waals surface area contributed by atoms with Crippen molar-refractivity contribution in [3.63, 3.8) is 0 Å². The third-order valence-electron chi connectivity index (χ3n) is 5.46. The third-order valence-corrected chi connectivity index (χ3v) is 5.46. The average molecular weight is 296 g/mol. The van der Waals surface area contributed by atoms with Crippen LogP contribution in [0.5, 0.6) is 0 Å². The van der Waals surface area contributed by atoms with Crippen molar-refractivity contribution in [3.05, 3.63) is 0 Å². The molecule has 0 aromatic heterocycles. The molecular formula is C16H28N2O3. The molecule has 1 N–H and O–H groups in total. The summed E-state index contributed by atoms with van der Waals surface area (Å²) in [6, 6.07) is 0.267. The third kappa shape index (κ3) is 3.57. The summed E-state index contributed by atoms with van der Waals surface area (Å²) in [6.07, 6.45) is 4.33. The fourth-order valence-electron chi connectivity index (χ4n) is 3.85. The molecule has 120 valence electrons. The molecule has 1 amide bonds. The summed E-state index contributed by atoms with van der Waals surface area (Å²) < 4.78 is 0. The average Bonchev–Trinajstić information content (AvgIpc) is 2.91. The highest BCUT2D eigenvalue weighted by molar-refractivity contribution is 5.85. The molecule has 2 rings (SSSR count). The van der Waals surface area contributed by atoms with Crippen LogP contribution >= 0.6 is 0 Å². The monoisotopic (exact) mass is 296 g/mol. The molecule has 5 heteroatoms. The van der Waals surface area contributed by atoms with Gasteiger partial charge in [0.1, 0.15) is 0 Å². The van der Waals surface area contributed by atoms with Crippen molar-refractivity contribution in [1.82, 2.24) is 9.80 Å². The quantitative estimate of drug-likeness (QED) is 0.857. The molecule has 1 saturated carbocycles. The fourth-order valence-corrected chi connectivity index (χ4v) is 3.85. The maximum Gasteiger partial charge on any atom is 0.307 e. The Morgan fingerprint density at radius 2 is 1.76 bits per heavy atom. The maximum atomic E-state index is 12.8. The van der Waals surface area contributed by atoms with Gasteiger partial charge in [0.15, 0.2) is 0 Å². The fraction of sp³-hybridized carbons (Fsp3) is 0.875. The number of carbonyl (C=O) groups excluding carboxylic acids is 1. The van der Waals surface area contributed by atoms with E-state index in [9.17, 15) is 14.7 Å². The van der Waals surface area contributed by atoms with Gasteiger partial charge in [0.2, 0.25) is 5.91 Å². The number of amides is 1. The van der Waals surface area contributed by atoms with Gasteiger partial charge >= 0.3 is 5.97 Å². The standard InChI is InChI=1S/C16H28N2O3/c1-4-11-9-13(14(10-11)16(20)21)15(19)18(3)12-5-7-17(2)8-6-12/h11-14H,4-10H2,1-3H3,(H,20,21). The van der Waals surface area contributed by atoms with E-state index >= 15 is 0 Å². The van der Waals surface area contributed by atoms with Crippen molar-refractivity contribution < 1.29 is 14.7 Å². The summed E-state index contributed by atoms with van der Waals surface area (Å²) in [4.78, 5) is 28.3. The lowest BCUT2D eigenvalue weighted by atomic mass is 9.93. The second-order valence-electron chi connectivity index (χ2n) is 6.78. The predicted octanol–water partition coefficient (Wildman–Crippen LogP) is 1.68. The van der Waals surface area contributed by atoms with Crippen molar-refractivity contribution in [1.29, 1.82) is 0 Å². The largest absolute Gasteiger partial charge is 0.481 e. The number of carboxylic acids is 1. The molecule has 0 bridgehead atoms. The van der Waals surface area contributed by atoms with Gasteiger partial charge in [-0.15, -0.1) is 0 Å². The summed E-state index contributed by atoms with van der Waals surface area (Å²) in [5.41, 5.74) is 0. The van der Waals surface area contributed by atoms with E-state index in [2.05, 4.69) is 18.9 Å². The lowest BCUT2D eigenvalue weighted by molar-refractivity contribution is -0.149. The zero-order chi connectivity index (χ0) is 15.6. The molecule has 1 aliphatic carbocycles. The SMILES string of the molecule is CCC1CC(C(=O)O)C(C(=O)N(C)C2CCN(C)CC2)C1. The Kier molecular flexibility index (Phi) is 5.25. The first-order valence-corrected chi connectivity index (χ1v) is 8.12. The lowest BCUT2D eigenvalue weighted by Crippen LogP contribution is -2.47. The topological polar surface area (TPSA) is 60.9 Å². The molecule has 1 heterocycles. The van der Waals surface area contributed by atoms with Crippen molar-refractivity contribution in [2.75, 3.05) is 27.2 Å². The van der Waals surface area contributed by atoms with Gasteiger partial charge < -0.3 is 14.9 Å². The van der Waals surface area contributed by atoms with Crippen molar-refractivity contribution >= 4 is 11.9 Å². The number of rotatable bonds is 4. The highest BCUT2D eigenvalue weighted by Crippen LogP contribution is 2.39. The molecule has 1 aliphatic heterocycles. The molecular weight excluding hydrogens is 268 g/mol. The van der Waals surface area contributed by atoms with Crippen molar-refractivity contribution in [3.8, 4) is 0 Å². The number of hydrogen-bond donors (Lipinski definition) is 1. The van der Waals surface area contributed by atoms with E-state index in [0.29, 0.717) is 12.3 Å². The molecule has 0 spiro atoms. The molecule has 0 aromatic carbocycles. The number of likely N-dealkylation sites (tertiary alicyclic amines) is 1. The van der Waals surface area contributed by atoms with Crippen molar-refractivity contribution in [2.24, 2.45) is 17.8 Å². The van der Waals surface area contributed by atoms with Crippen LogP contribution in [-0.2, 0) is 9.59 Å². The second kappa shape index (κ2) is 6.77. The van der Waals surface area contributed by atoms with Crippen LogP contribution in [0.25, 0.3) is 0 Å². The van der Waals surface area contributed by atoms with Gasteiger partial charge in [-0.3, -0.25) is 9.59 Å². The van der Waals surface area contributed by atoms with E-state index in [1.165, 1.54) is 0 Å². The summed E-state index contributed by atoms with van der Waals surface area (Å²) in [7, 11) is 3.96. The first-order valence-electron chi connectivity index (χ1n) is 8.12. The minimum absolute atomic E-state index is 0.0490. The molecule has 0 aromatic rings. The Balaban J connectivity index is 2.02. The Morgan fingerprint density at radius 1 is 1.19 bits per heavy atom. The summed E-state index contributed by atoms with van der Waals surface area (Å²) in [5.74, 6) is -1.19. The van der Waals surface area contributed by atoms with E-state index in [-0.39, 0.29) is 17.9 Å². The van der Waals surface area contributed by atoms with Gasteiger partial charge in [0, 0.05) is 13.1 Å². The normalized spacial score (nSPS) is 31.3. The van der Waals surface area contributed by atoms with E-state index in [1.54, 1.807) is 0 Å². The minimum atomic E-state index is -0.805. The highest BCUT2D eigenvalue weighted by Gasteiger charge is 2.44. The Morgan fingerprint density at radius 3 is 2.29 bits per heavy atom. The number of nitrogens with zero attached hydrogens (tertiary/aromatic N) is 2. The highest BCUT2D eigenvalue weighted by atomic mass is 16.4. The molecule has 2 fully saturated rings. The number of carboxylic acid groups (broad SMARTS) is 1. The zero-order valence-electron chi connectivity index (χ0n) is 13.4. The summed E-state index contributed by atoms with van der Waals surface area (Å²) in [5, 5.41) is 9.40. The van der Waals surface area contributed by atoms with E-state index in [4.69, 9.17) is 0 Å². The minimum Gasteiger partial charge on any atom is -0.481 e. The van der Waals surface area contributed by atoms with Gasteiger partial charge in [-0.2, -0.15) is 0 Å². The molecule has 2 aliphatic rings. The Bertz CT molecular complexity index is 391. The summed E-state index contributed by atoms with van der Waals surface area (Å²) in [6.45, 7) is 4.09. The molecule has 3 unspecified atom stereocenters. The first kappa shape index (κ1) is 16.3.